The predicted molar refractivity (Wildman–Crippen MR) is 141 cm³/mol. The second-order valence-electron chi connectivity index (χ2n) is 9.81. The van der Waals surface area contributed by atoms with Crippen molar-refractivity contribution in [1.82, 2.24) is 9.21 Å². The SMILES string of the molecule is CCC1c2ccsc2CCN1C(=O)CCCC1CCCCN1S(=O)(=O)c1c(C)cc(OC)cc1C. The van der Waals surface area contributed by atoms with Gasteiger partial charge in [0.15, 0.2) is 0 Å². The van der Waals surface area contributed by atoms with Crippen LogP contribution < -0.4 is 4.74 Å². The lowest BCUT2D eigenvalue weighted by molar-refractivity contribution is -0.134. The van der Waals surface area contributed by atoms with Crippen LogP contribution in [0, 0.1) is 13.8 Å². The van der Waals surface area contributed by atoms with Crippen LogP contribution in [0.25, 0.3) is 0 Å². The number of aryl methyl sites for hydroxylation is 2. The lowest BCUT2D eigenvalue weighted by atomic mass is 9.96. The Morgan fingerprint density at radius 3 is 2.60 bits per heavy atom. The third kappa shape index (κ3) is 5.30. The van der Waals surface area contributed by atoms with Gasteiger partial charge >= 0.3 is 0 Å². The van der Waals surface area contributed by atoms with Crippen molar-refractivity contribution in [3.8, 4) is 5.75 Å². The fourth-order valence-electron chi connectivity index (χ4n) is 5.90. The van der Waals surface area contributed by atoms with E-state index in [0.717, 1.165) is 38.6 Å². The number of carbonyl (C=O) groups is 1. The average molecular weight is 519 g/mol. The molecule has 6 nitrogen and oxygen atoms in total. The number of benzene rings is 1. The number of hydrogen-bond donors (Lipinski definition) is 0. The molecule has 1 saturated heterocycles. The zero-order chi connectivity index (χ0) is 25.2. The van der Waals surface area contributed by atoms with Gasteiger partial charge in [0, 0.05) is 30.4 Å². The molecule has 0 spiro atoms. The molecular formula is C27H38N2O4S2. The Labute approximate surface area is 214 Å². The number of carbonyl (C=O) groups excluding carboxylic acids is 1. The van der Waals surface area contributed by atoms with Crippen molar-refractivity contribution >= 4 is 27.3 Å². The standard InChI is InChI=1S/C27H38N2O4S2/c1-5-24-23-13-16-34-25(23)12-15-28(24)26(30)11-8-10-21-9-6-7-14-29(21)35(31,32)27-19(2)17-22(33-4)18-20(27)3/h13,16-18,21,24H,5-12,14-15H2,1-4H3. The van der Waals surface area contributed by atoms with Crippen molar-refractivity contribution in [2.45, 2.75) is 89.1 Å². The van der Waals surface area contributed by atoms with Gasteiger partial charge in [-0.1, -0.05) is 13.3 Å². The number of ether oxygens (including phenoxy) is 1. The summed E-state index contributed by atoms with van der Waals surface area (Å²) in [7, 11) is -2.03. The minimum atomic E-state index is -3.62. The Balaban J connectivity index is 1.43. The smallest absolute Gasteiger partial charge is 0.243 e. The Morgan fingerprint density at radius 2 is 1.91 bits per heavy atom. The number of rotatable bonds is 8. The fraction of sp³-hybridized carbons (Fsp3) is 0.593. The van der Waals surface area contributed by atoms with E-state index in [4.69, 9.17) is 4.74 Å². The van der Waals surface area contributed by atoms with E-state index < -0.39 is 10.0 Å². The van der Waals surface area contributed by atoms with Gasteiger partial charge in [0.05, 0.1) is 18.0 Å². The Morgan fingerprint density at radius 1 is 1.17 bits per heavy atom. The highest BCUT2D eigenvalue weighted by molar-refractivity contribution is 7.89. The molecule has 1 fully saturated rings. The first-order valence-corrected chi connectivity index (χ1v) is 15.1. The van der Waals surface area contributed by atoms with Crippen molar-refractivity contribution in [2.24, 2.45) is 0 Å². The highest BCUT2D eigenvalue weighted by atomic mass is 32.2. The number of nitrogens with zero attached hydrogens (tertiary/aromatic N) is 2. The van der Waals surface area contributed by atoms with Crippen molar-refractivity contribution in [1.29, 1.82) is 0 Å². The molecule has 3 heterocycles. The van der Waals surface area contributed by atoms with Gasteiger partial charge in [-0.25, -0.2) is 8.42 Å². The number of hydrogen-bond acceptors (Lipinski definition) is 5. The van der Waals surface area contributed by atoms with Gasteiger partial charge in [-0.2, -0.15) is 4.31 Å². The largest absolute Gasteiger partial charge is 0.497 e. The summed E-state index contributed by atoms with van der Waals surface area (Å²) >= 11 is 1.79. The molecule has 2 aliphatic rings. The van der Waals surface area contributed by atoms with Gasteiger partial charge in [0.1, 0.15) is 5.75 Å². The minimum Gasteiger partial charge on any atom is -0.497 e. The topological polar surface area (TPSA) is 66.9 Å². The molecule has 2 aromatic rings. The second-order valence-corrected chi connectivity index (χ2v) is 12.6. The normalized spacial score (nSPS) is 21.1. The Hall–Kier alpha value is -1.90. The van der Waals surface area contributed by atoms with Crippen LogP contribution in [0.2, 0.25) is 0 Å². The van der Waals surface area contributed by atoms with Crippen LogP contribution in [0.15, 0.2) is 28.5 Å². The van der Waals surface area contributed by atoms with E-state index in [1.54, 1.807) is 34.9 Å². The molecule has 192 valence electrons. The van der Waals surface area contributed by atoms with Crippen LogP contribution >= 0.6 is 11.3 Å². The summed E-state index contributed by atoms with van der Waals surface area (Å²) in [6.07, 6.45) is 6.50. The maximum absolute atomic E-state index is 13.8. The summed E-state index contributed by atoms with van der Waals surface area (Å²) in [5.41, 5.74) is 2.74. The maximum Gasteiger partial charge on any atom is 0.243 e. The molecule has 1 aromatic heterocycles. The number of methoxy groups -OCH3 is 1. The summed E-state index contributed by atoms with van der Waals surface area (Å²) < 4.78 is 34.6. The first kappa shape index (κ1) is 26.2. The molecule has 8 heteroatoms. The van der Waals surface area contributed by atoms with Gasteiger partial charge < -0.3 is 9.64 Å². The Kier molecular flexibility index (Phi) is 8.23. The van der Waals surface area contributed by atoms with E-state index >= 15 is 0 Å². The molecule has 2 unspecified atom stereocenters. The zero-order valence-corrected chi connectivity index (χ0v) is 23.0. The monoisotopic (exact) mass is 518 g/mol. The molecule has 0 bridgehead atoms. The van der Waals surface area contributed by atoms with Crippen LogP contribution in [0.3, 0.4) is 0 Å². The van der Waals surface area contributed by atoms with Gasteiger partial charge in [-0.3, -0.25) is 4.79 Å². The van der Waals surface area contributed by atoms with E-state index in [9.17, 15) is 13.2 Å². The average Bonchev–Trinajstić information content (AvgIpc) is 3.32. The maximum atomic E-state index is 13.8. The van der Waals surface area contributed by atoms with Gasteiger partial charge in [0.25, 0.3) is 0 Å². The second kappa shape index (κ2) is 11.0. The van der Waals surface area contributed by atoms with Crippen LogP contribution in [0.4, 0.5) is 0 Å². The first-order valence-electron chi connectivity index (χ1n) is 12.8. The molecule has 0 radical (unpaired) electrons. The van der Waals surface area contributed by atoms with Gasteiger partial charge in [-0.15, -0.1) is 11.3 Å². The van der Waals surface area contributed by atoms with Crippen molar-refractivity contribution < 1.29 is 17.9 Å². The molecule has 35 heavy (non-hydrogen) atoms. The summed E-state index contributed by atoms with van der Waals surface area (Å²) in [6, 6.07) is 5.86. The van der Waals surface area contributed by atoms with E-state index in [0.29, 0.717) is 47.6 Å². The van der Waals surface area contributed by atoms with Crippen molar-refractivity contribution in [3.63, 3.8) is 0 Å². The van der Waals surface area contributed by atoms with Gasteiger partial charge in [-0.05, 0) is 92.6 Å². The van der Waals surface area contributed by atoms with Crippen LogP contribution in [0.1, 0.15) is 79.5 Å². The third-order valence-corrected chi connectivity index (χ3v) is 10.8. The van der Waals surface area contributed by atoms with Crippen LogP contribution in [-0.2, 0) is 21.2 Å². The third-order valence-electron chi connectivity index (χ3n) is 7.54. The number of sulfonamides is 1. The number of amides is 1. The summed E-state index contributed by atoms with van der Waals surface area (Å²) in [5, 5.41) is 2.13. The molecular weight excluding hydrogens is 480 g/mol. The number of piperidine rings is 1. The van der Waals surface area contributed by atoms with Crippen LogP contribution in [0.5, 0.6) is 5.75 Å². The van der Waals surface area contributed by atoms with Crippen molar-refractivity contribution in [3.05, 3.63) is 45.1 Å². The minimum absolute atomic E-state index is 0.0609. The van der Waals surface area contributed by atoms with E-state index in [1.807, 2.05) is 13.8 Å². The van der Waals surface area contributed by atoms with E-state index in [-0.39, 0.29) is 18.0 Å². The molecule has 0 aliphatic carbocycles. The lowest BCUT2D eigenvalue weighted by Gasteiger charge is -2.37. The predicted octanol–water partition coefficient (Wildman–Crippen LogP) is 5.62. The van der Waals surface area contributed by atoms with Gasteiger partial charge in [0.2, 0.25) is 15.9 Å². The number of thiophene rings is 1. The molecule has 4 rings (SSSR count). The lowest BCUT2D eigenvalue weighted by Crippen LogP contribution is -2.44. The molecule has 0 saturated carbocycles. The quantitative estimate of drug-likeness (QED) is 0.455. The molecule has 1 amide bonds. The first-order chi connectivity index (χ1) is 16.8. The molecule has 1 aromatic carbocycles. The van der Waals surface area contributed by atoms with E-state index in [2.05, 4.69) is 23.3 Å². The molecule has 2 aliphatic heterocycles. The number of fused-ring (bicyclic) bond motifs is 1. The molecule has 0 N–H and O–H groups in total. The van der Waals surface area contributed by atoms with Crippen LogP contribution in [-0.4, -0.2) is 49.8 Å². The Bertz CT molecular complexity index is 1130. The van der Waals surface area contributed by atoms with E-state index in [1.165, 1.54) is 10.4 Å². The molecule has 2 atom stereocenters. The summed E-state index contributed by atoms with van der Waals surface area (Å²) in [5.74, 6) is 0.867. The highest BCUT2D eigenvalue weighted by Gasteiger charge is 2.36. The van der Waals surface area contributed by atoms with Crippen molar-refractivity contribution in [2.75, 3.05) is 20.2 Å². The zero-order valence-electron chi connectivity index (χ0n) is 21.4. The summed E-state index contributed by atoms with van der Waals surface area (Å²) in [4.78, 5) is 17.0. The highest BCUT2D eigenvalue weighted by Crippen LogP contribution is 2.36. The summed E-state index contributed by atoms with van der Waals surface area (Å²) in [6.45, 7) is 7.14. The fourth-order valence-corrected chi connectivity index (χ4v) is 8.97.